The average Bonchev–Trinajstić information content (AvgIpc) is 2.57. The number of pyridine rings is 1. The van der Waals surface area contributed by atoms with Gasteiger partial charge in [-0.2, -0.15) is 9.97 Å². The number of aromatic nitrogens is 3. The molecule has 122 valence electrons. The van der Waals surface area contributed by atoms with Gasteiger partial charge in [0.15, 0.2) is 0 Å². The molecule has 3 rings (SSSR count). The number of hydrogen-bond donors (Lipinski definition) is 2. The summed E-state index contributed by atoms with van der Waals surface area (Å²) in [4.78, 5) is 13.0. The predicted octanol–water partition coefficient (Wildman–Crippen LogP) is 1.81. The largest absolute Gasteiger partial charge is 0.481 e. The van der Waals surface area contributed by atoms with E-state index in [1.165, 1.54) is 0 Å². The molecule has 0 saturated heterocycles. The minimum atomic E-state index is -0.242. The van der Waals surface area contributed by atoms with Gasteiger partial charge in [-0.15, -0.1) is 0 Å². The zero-order valence-electron chi connectivity index (χ0n) is 13.1. The molecule has 0 aliphatic heterocycles. The van der Waals surface area contributed by atoms with Crippen LogP contribution in [0.1, 0.15) is 24.6 Å². The molecular formula is C16H20N4O3. The summed E-state index contributed by atoms with van der Waals surface area (Å²) in [5.74, 6) is 1.54. The first-order valence-corrected chi connectivity index (χ1v) is 7.52. The van der Waals surface area contributed by atoms with Crippen LogP contribution in [0.25, 0.3) is 0 Å². The lowest BCUT2D eigenvalue weighted by Crippen LogP contribution is -2.36. The van der Waals surface area contributed by atoms with Crippen molar-refractivity contribution < 1.29 is 14.6 Å². The zero-order valence-corrected chi connectivity index (χ0v) is 13.1. The molecule has 1 aliphatic rings. The molecule has 0 bridgehead atoms. The normalized spacial score (nSPS) is 21.2. The first-order valence-electron chi connectivity index (χ1n) is 7.52. The second-order valence-electron chi connectivity index (χ2n) is 5.54. The number of methoxy groups -OCH3 is 2. The van der Waals surface area contributed by atoms with E-state index in [0.717, 1.165) is 18.5 Å². The summed E-state index contributed by atoms with van der Waals surface area (Å²) in [7, 11) is 3.09. The third-order valence-electron chi connectivity index (χ3n) is 4.01. The maximum Gasteiger partial charge on any atom is 0.229 e. The van der Waals surface area contributed by atoms with Crippen LogP contribution in [0.3, 0.4) is 0 Å². The highest BCUT2D eigenvalue weighted by Crippen LogP contribution is 2.39. The fourth-order valence-corrected chi connectivity index (χ4v) is 2.71. The van der Waals surface area contributed by atoms with Gasteiger partial charge in [0.1, 0.15) is 0 Å². The lowest BCUT2D eigenvalue weighted by molar-refractivity contribution is 0.0333. The minimum Gasteiger partial charge on any atom is -0.481 e. The van der Waals surface area contributed by atoms with Crippen LogP contribution in [0.5, 0.6) is 11.8 Å². The summed E-state index contributed by atoms with van der Waals surface area (Å²) in [5, 5.41) is 12.9. The molecule has 2 aromatic heterocycles. The van der Waals surface area contributed by atoms with Crippen LogP contribution in [0.2, 0.25) is 0 Å². The van der Waals surface area contributed by atoms with Gasteiger partial charge in [-0.3, -0.25) is 4.98 Å². The van der Waals surface area contributed by atoms with Gasteiger partial charge in [-0.1, -0.05) is 6.07 Å². The Bertz CT molecular complexity index is 625. The van der Waals surface area contributed by atoms with Crippen LogP contribution in [0.4, 0.5) is 5.95 Å². The Morgan fingerprint density at radius 2 is 1.87 bits per heavy atom. The molecule has 2 N–H and O–H groups in total. The summed E-state index contributed by atoms with van der Waals surface area (Å²) in [6.07, 6.45) is 2.98. The van der Waals surface area contributed by atoms with E-state index < -0.39 is 0 Å². The quantitative estimate of drug-likeness (QED) is 0.840. The van der Waals surface area contributed by atoms with Crippen LogP contribution in [0, 0.1) is 5.92 Å². The Morgan fingerprint density at radius 1 is 1.17 bits per heavy atom. The smallest absolute Gasteiger partial charge is 0.229 e. The van der Waals surface area contributed by atoms with Crippen molar-refractivity contribution in [2.45, 2.75) is 25.0 Å². The highest BCUT2D eigenvalue weighted by atomic mass is 16.5. The Balaban J connectivity index is 1.86. The second kappa shape index (κ2) is 6.78. The number of ether oxygens (including phenoxy) is 2. The molecule has 0 radical (unpaired) electrons. The highest BCUT2D eigenvalue weighted by Gasteiger charge is 2.36. The Hall–Kier alpha value is -2.41. The Labute approximate surface area is 134 Å². The van der Waals surface area contributed by atoms with Crippen LogP contribution in [-0.2, 0) is 0 Å². The fraction of sp³-hybridized carbons (Fsp3) is 0.438. The van der Waals surface area contributed by atoms with Crippen molar-refractivity contribution in [2.75, 3.05) is 19.5 Å². The molecule has 1 atom stereocenters. The highest BCUT2D eigenvalue weighted by molar-refractivity contribution is 5.36. The Kier molecular flexibility index (Phi) is 4.57. The van der Waals surface area contributed by atoms with Gasteiger partial charge in [0.2, 0.25) is 17.7 Å². The fourth-order valence-electron chi connectivity index (χ4n) is 2.71. The van der Waals surface area contributed by atoms with E-state index in [4.69, 9.17) is 9.47 Å². The minimum absolute atomic E-state index is 0.0728. The number of nitrogens with zero attached hydrogens (tertiary/aromatic N) is 3. The van der Waals surface area contributed by atoms with Gasteiger partial charge in [0.05, 0.1) is 38.1 Å². The Morgan fingerprint density at radius 3 is 2.39 bits per heavy atom. The molecule has 7 heteroatoms. The topological polar surface area (TPSA) is 89.4 Å². The summed E-state index contributed by atoms with van der Waals surface area (Å²) in [5.41, 5.74) is 0.898. The first kappa shape index (κ1) is 15.5. The van der Waals surface area contributed by atoms with Crippen molar-refractivity contribution in [1.29, 1.82) is 0 Å². The monoisotopic (exact) mass is 316 g/mol. The number of anilines is 1. The molecular weight excluding hydrogens is 296 g/mol. The van der Waals surface area contributed by atoms with E-state index in [1.807, 2.05) is 18.2 Å². The molecule has 2 heterocycles. The van der Waals surface area contributed by atoms with E-state index in [1.54, 1.807) is 26.5 Å². The lowest BCUT2D eigenvalue weighted by atomic mass is 9.76. The van der Waals surface area contributed by atoms with E-state index in [0.29, 0.717) is 17.7 Å². The molecule has 0 spiro atoms. The summed E-state index contributed by atoms with van der Waals surface area (Å²) < 4.78 is 10.4. The number of aliphatic hydroxyl groups excluding tert-OH is 1. The first-order chi connectivity index (χ1) is 11.2. The molecule has 1 fully saturated rings. The molecule has 23 heavy (non-hydrogen) atoms. The molecule has 0 amide bonds. The molecule has 1 aliphatic carbocycles. The van der Waals surface area contributed by atoms with E-state index in [-0.39, 0.29) is 18.1 Å². The van der Waals surface area contributed by atoms with Crippen LogP contribution in [-0.4, -0.2) is 40.4 Å². The standard InChI is InChI=1S/C16H20N4O3/c1-22-13-9-14(23-2)19-16(18-13)20-15(10-7-11(21)8-10)12-5-3-4-6-17-12/h3-6,9-11,15,21H,7-8H2,1-2H3,(H,18,19,20). The summed E-state index contributed by atoms with van der Waals surface area (Å²) >= 11 is 0. The third-order valence-corrected chi connectivity index (χ3v) is 4.01. The van der Waals surface area contributed by atoms with Gasteiger partial charge in [-0.25, -0.2) is 0 Å². The van der Waals surface area contributed by atoms with Gasteiger partial charge < -0.3 is 19.9 Å². The van der Waals surface area contributed by atoms with Crippen molar-refractivity contribution in [3.63, 3.8) is 0 Å². The molecule has 0 aromatic carbocycles. The average molecular weight is 316 g/mol. The van der Waals surface area contributed by atoms with Crippen molar-refractivity contribution in [1.82, 2.24) is 15.0 Å². The SMILES string of the molecule is COc1cc(OC)nc(NC(c2ccccn2)C2CC(O)C2)n1. The summed E-state index contributed by atoms with van der Waals surface area (Å²) in [6, 6.07) is 7.32. The van der Waals surface area contributed by atoms with Gasteiger partial charge in [0, 0.05) is 6.20 Å². The number of aliphatic hydroxyl groups is 1. The second-order valence-corrected chi connectivity index (χ2v) is 5.54. The van der Waals surface area contributed by atoms with Gasteiger partial charge in [-0.05, 0) is 30.9 Å². The van der Waals surface area contributed by atoms with Crippen LogP contribution < -0.4 is 14.8 Å². The van der Waals surface area contributed by atoms with E-state index in [9.17, 15) is 5.11 Å². The maximum absolute atomic E-state index is 9.63. The van der Waals surface area contributed by atoms with Gasteiger partial charge in [0.25, 0.3) is 0 Å². The van der Waals surface area contributed by atoms with E-state index in [2.05, 4.69) is 20.3 Å². The zero-order chi connectivity index (χ0) is 16.2. The van der Waals surface area contributed by atoms with E-state index >= 15 is 0 Å². The third kappa shape index (κ3) is 3.50. The molecule has 1 saturated carbocycles. The maximum atomic E-state index is 9.63. The van der Waals surface area contributed by atoms with Crippen molar-refractivity contribution in [2.24, 2.45) is 5.92 Å². The van der Waals surface area contributed by atoms with Crippen molar-refractivity contribution in [3.05, 3.63) is 36.2 Å². The molecule has 1 unspecified atom stereocenters. The van der Waals surface area contributed by atoms with Crippen LogP contribution >= 0.6 is 0 Å². The van der Waals surface area contributed by atoms with Crippen molar-refractivity contribution >= 4 is 5.95 Å². The number of hydrogen-bond acceptors (Lipinski definition) is 7. The molecule has 7 nitrogen and oxygen atoms in total. The predicted molar refractivity (Wildman–Crippen MR) is 84.5 cm³/mol. The van der Waals surface area contributed by atoms with Crippen molar-refractivity contribution in [3.8, 4) is 11.8 Å². The number of nitrogens with one attached hydrogen (secondary N) is 1. The number of rotatable bonds is 6. The molecule has 2 aromatic rings. The van der Waals surface area contributed by atoms with Gasteiger partial charge >= 0.3 is 0 Å². The lowest BCUT2D eigenvalue weighted by Gasteiger charge is -2.37. The van der Waals surface area contributed by atoms with Crippen LogP contribution in [0.15, 0.2) is 30.5 Å². The summed E-state index contributed by atoms with van der Waals surface area (Å²) in [6.45, 7) is 0.